The fourth-order valence-corrected chi connectivity index (χ4v) is 1.11. The lowest BCUT2D eigenvalue weighted by molar-refractivity contribution is 0.1000. The maximum Gasteiger partial charge on any atom is 0.249 e. The standard InChI is InChI=1S/C11H13NO/c1-2-3-6-9-7-4-5-8-10(9)11(12)13/h3-8H,2H2,1H3,(H2,12,13)/b6-3-. The summed E-state index contributed by atoms with van der Waals surface area (Å²) < 4.78 is 0. The molecular weight excluding hydrogens is 162 g/mol. The van der Waals surface area contributed by atoms with E-state index in [1.165, 1.54) is 0 Å². The van der Waals surface area contributed by atoms with Crippen molar-refractivity contribution < 1.29 is 4.79 Å². The van der Waals surface area contributed by atoms with E-state index >= 15 is 0 Å². The molecule has 0 heterocycles. The van der Waals surface area contributed by atoms with Gasteiger partial charge in [0, 0.05) is 5.56 Å². The number of hydrogen-bond acceptors (Lipinski definition) is 1. The fourth-order valence-electron chi connectivity index (χ4n) is 1.11. The number of primary amides is 1. The maximum atomic E-state index is 11.0. The molecule has 0 fully saturated rings. The minimum atomic E-state index is -0.378. The summed E-state index contributed by atoms with van der Waals surface area (Å²) in [6.45, 7) is 2.05. The number of amides is 1. The second kappa shape index (κ2) is 4.45. The Bertz CT molecular complexity index is 329. The number of benzene rings is 1. The first kappa shape index (κ1) is 9.52. The van der Waals surface area contributed by atoms with Crippen molar-refractivity contribution in [1.29, 1.82) is 0 Å². The maximum absolute atomic E-state index is 11.0. The molecule has 1 rings (SSSR count). The van der Waals surface area contributed by atoms with Gasteiger partial charge in [-0.1, -0.05) is 37.3 Å². The van der Waals surface area contributed by atoms with Crippen LogP contribution in [0, 0.1) is 0 Å². The minimum Gasteiger partial charge on any atom is -0.366 e. The minimum absolute atomic E-state index is 0.378. The van der Waals surface area contributed by atoms with Gasteiger partial charge in [0.25, 0.3) is 0 Å². The van der Waals surface area contributed by atoms with Crippen molar-refractivity contribution in [2.45, 2.75) is 13.3 Å². The second-order valence-corrected chi connectivity index (χ2v) is 2.76. The third-order valence-electron chi connectivity index (χ3n) is 1.76. The summed E-state index contributed by atoms with van der Waals surface area (Å²) in [5, 5.41) is 0. The molecule has 0 bridgehead atoms. The van der Waals surface area contributed by atoms with Crippen LogP contribution in [0.5, 0.6) is 0 Å². The quantitative estimate of drug-likeness (QED) is 0.752. The Hall–Kier alpha value is -1.57. The molecule has 0 aromatic heterocycles. The predicted molar refractivity (Wildman–Crippen MR) is 54.3 cm³/mol. The molecule has 2 N–H and O–H groups in total. The molecule has 0 aliphatic carbocycles. The summed E-state index contributed by atoms with van der Waals surface area (Å²) in [6.07, 6.45) is 4.87. The Labute approximate surface area is 78.1 Å². The van der Waals surface area contributed by atoms with E-state index in [2.05, 4.69) is 0 Å². The first-order chi connectivity index (χ1) is 6.25. The Kier molecular flexibility index (Phi) is 3.26. The fraction of sp³-hybridized carbons (Fsp3) is 0.182. The van der Waals surface area contributed by atoms with Gasteiger partial charge in [0.2, 0.25) is 5.91 Å². The highest BCUT2D eigenvalue weighted by molar-refractivity contribution is 5.96. The van der Waals surface area contributed by atoms with Gasteiger partial charge in [0.1, 0.15) is 0 Å². The van der Waals surface area contributed by atoms with Crippen LogP contribution < -0.4 is 5.73 Å². The van der Waals surface area contributed by atoms with E-state index in [4.69, 9.17) is 5.73 Å². The zero-order valence-electron chi connectivity index (χ0n) is 7.66. The number of nitrogens with two attached hydrogens (primary N) is 1. The van der Waals surface area contributed by atoms with Crippen LogP contribution in [0.4, 0.5) is 0 Å². The van der Waals surface area contributed by atoms with Gasteiger partial charge in [0.05, 0.1) is 0 Å². The monoisotopic (exact) mass is 175 g/mol. The molecule has 0 aliphatic heterocycles. The van der Waals surface area contributed by atoms with Crippen LogP contribution >= 0.6 is 0 Å². The molecule has 0 aliphatic rings. The molecule has 0 atom stereocenters. The van der Waals surface area contributed by atoms with Crippen LogP contribution in [0.1, 0.15) is 29.3 Å². The summed E-state index contributed by atoms with van der Waals surface area (Å²) >= 11 is 0. The van der Waals surface area contributed by atoms with E-state index in [-0.39, 0.29) is 5.91 Å². The van der Waals surface area contributed by atoms with Crippen molar-refractivity contribution in [2.24, 2.45) is 5.73 Å². The summed E-state index contributed by atoms with van der Waals surface area (Å²) in [5.41, 5.74) is 6.68. The number of carbonyl (C=O) groups is 1. The van der Waals surface area contributed by atoms with Crippen molar-refractivity contribution in [1.82, 2.24) is 0 Å². The molecule has 1 aromatic rings. The highest BCUT2D eigenvalue weighted by Gasteiger charge is 2.02. The lowest BCUT2D eigenvalue weighted by Crippen LogP contribution is -2.12. The lowest BCUT2D eigenvalue weighted by Gasteiger charge is -1.99. The summed E-state index contributed by atoms with van der Waals surface area (Å²) in [4.78, 5) is 11.0. The van der Waals surface area contributed by atoms with Gasteiger partial charge in [-0.2, -0.15) is 0 Å². The molecule has 2 heteroatoms. The van der Waals surface area contributed by atoms with Crippen molar-refractivity contribution in [3.05, 3.63) is 41.5 Å². The molecular formula is C11H13NO. The van der Waals surface area contributed by atoms with Gasteiger partial charge in [-0.05, 0) is 18.1 Å². The highest BCUT2D eigenvalue weighted by Crippen LogP contribution is 2.09. The van der Waals surface area contributed by atoms with Crippen LogP contribution in [0.25, 0.3) is 6.08 Å². The van der Waals surface area contributed by atoms with Gasteiger partial charge >= 0.3 is 0 Å². The lowest BCUT2D eigenvalue weighted by atomic mass is 10.1. The van der Waals surface area contributed by atoms with Crippen LogP contribution in [-0.2, 0) is 0 Å². The first-order valence-electron chi connectivity index (χ1n) is 4.31. The van der Waals surface area contributed by atoms with Crippen molar-refractivity contribution in [2.75, 3.05) is 0 Å². The van der Waals surface area contributed by atoms with E-state index < -0.39 is 0 Å². The summed E-state index contributed by atoms with van der Waals surface area (Å²) in [6, 6.07) is 7.31. The Morgan fingerprint density at radius 2 is 2.15 bits per heavy atom. The van der Waals surface area contributed by atoms with Gasteiger partial charge in [-0.3, -0.25) is 4.79 Å². The number of rotatable bonds is 3. The molecule has 0 radical (unpaired) electrons. The SMILES string of the molecule is CC/C=C\c1ccccc1C(N)=O. The largest absolute Gasteiger partial charge is 0.366 e. The molecule has 1 amide bonds. The molecule has 0 saturated heterocycles. The molecule has 0 spiro atoms. The zero-order chi connectivity index (χ0) is 9.68. The summed E-state index contributed by atoms with van der Waals surface area (Å²) in [7, 11) is 0. The Morgan fingerprint density at radius 1 is 1.46 bits per heavy atom. The van der Waals surface area contributed by atoms with Crippen LogP contribution in [-0.4, -0.2) is 5.91 Å². The third kappa shape index (κ3) is 2.44. The first-order valence-corrected chi connectivity index (χ1v) is 4.31. The molecule has 0 unspecified atom stereocenters. The predicted octanol–water partition coefficient (Wildman–Crippen LogP) is 2.21. The molecule has 2 nitrogen and oxygen atoms in total. The van der Waals surface area contributed by atoms with Gasteiger partial charge in [0.15, 0.2) is 0 Å². The number of hydrogen-bond donors (Lipinski definition) is 1. The molecule has 0 saturated carbocycles. The van der Waals surface area contributed by atoms with E-state index in [0.717, 1.165) is 12.0 Å². The van der Waals surface area contributed by atoms with Crippen molar-refractivity contribution >= 4 is 12.0 Å². The van der Waals surface area contributed by atoms with Crippen LogP contribution in [0.15, 0.2) is 30.3 Å². The van der Waals surface area contributed by atoms with Crippen LogP contribution in [0.2, 0.25) is 0 Å². The van der Waals surface area contributed by atoms with E-state index in [1.807, 2.05) is 37.3 Å². The Morgan fingerprint density at radius 3 is 2.77 bits per heavy atom. The van der Waals surface area contributed by atoms with Gasteiger partial charge < -0.3 is 5.73 Å². The van der Waals surface area contributed by atoms with Crippen molar-refractivity contribution in [3.63, 3.8) is 0 Å². The smallest absolute Gasteiger partial charge is 0.249 e. The number of carbonyl (C=O) groups excluding carboxylic acids is 1. The average molecular weight is 175 g/mol. The zero-order valence-corrected chi connectivity index (χ0v) is 7.66. The second-order valence-electron chi connectivity index (χ2n) is 2.76. The van der Waals surface area contributed by atoms with E-state index in [0.29, 0.717) is 5.56 Å². The summed E-state index contributed by atoms with van der Waals surface area (Å²) in [5.74, 6) is -0.378. The number of allylic oxidation sites excluding steroid dienone is 1. The van der Waals surface area contributed by atoms with E-state index in [1.54, 1.807) is 6.07 Å². The topological polar surface area (TPSA) is 43.1 Å². The molecule has 1 aromatic carbocycles. The van der Waals surface area contributed by atoms with Crippen molar-refractivity contribution in [3.8, 4) is 0 Å². The average Bonchev–Trinajstić information content (AvgIpc) is 2.15. The van der Waals surface area contributed by atoms with Gasteiger partial charge in [-0.15, -0.1) is 0 Å². The normalized spacial score (nSPS) is 10.5. The van der Waals surface area contributed by atoms with Gasteiger partial charge in [-0.25, -0.2) is 0 Å². The highest BCUT2D eigenvalue weighted by atomic mass is 16.1. The van der Waals surface area contributed by atoms with E-state index in [9.17, 15) is 4.79 Å². The molecule has 13 heavy (non-hydrogen) atoms. The molecule has 68 valence electrons. The Balaban J connectivity index is 3.05. The van der Waals surface area contributed by atoms with Crippen LogP contribution in [0.3, 0.4) is 0 Å². The third-order valence-corrected chi connectivity index (χ3v) is 1.76.